The lowest BCUT2D eigenvalue weighted by Gasteiger charge is -2.66. The fourth-order valence-corrected chi connectivity index (χ4v) is 7.74. The van der Waals surface area contributed by atoms with Crippen molar-refractivity contribution in [1.29, 1.82) is 0 Å². The highest BCUT2D eigenvalue weighted by molar-refractivity contribution is 5.89. The van der Waals surface area contributed by atoms with Crippen molar-refractivity contribution in [2.24, 2.45) is 23.2 Å². The molecule has 9 atom stereocenters. The van der Waals surface area contributed by atoms with Crippen molar-refractivity contribution in [1.82, 2.24) is 0 Å². The molecule has 1 aliphatic heterocycles. The number of hydrogen-bond donors (Lipinski definition) is 2. The van der Waals surface area contributed by atoms with E-state index in [-0.39, 0.29) is 5.56 Å². The summed E-state index contributed by atoms with van der Waals surface area (Å²) < 4.78 is 36.5. The fraction of sp³-hybridized carbons (Fsp3) is 0.676. The van der Waals surface area contributed by atoms with Gasteiger partial charge in [0, 0.05) is 20.3 Å². The smallest absolute Gasteiger partial charge is 0.338 e. The van der Waals surface area contributed by atoms with E-state index in [9.17, 15) is 34.2 Å². The molecule has 2 bridgehead atoms. The van der Waals surface area contributed by atoms with E-state index in [4.69, 9.17) is 28.4 Å². The molecular weight excluding hydrogens is 616 g/mol. The van der Waals surface area contributed by atoms with Crippen LogP contribution in [0.25, 0.3) is 0 Å². The molecule has 1 saturated heterocycles. The van der Waals surface area contributed by atoms with Gasteiger partial charge in [-0.15, -0.1) is 0 Å². The Morgan fingerprint density at radius 2 is 1.43 bits per heavy atom. The molecule has 2 N–H and O–H groups in total. The Bertz CT molecular complexity index is 1390. The Morgan fingerprint density at radius 3 is 1.96 bits per heavy atom. The van der Waals surface area contributed by atoms with E-state index >= 15 is 0 Å². The zero-order chi connectivity index (χ0) is 35.3. The van der Waals surface area contributed by atoms with E-state index in [1.54, 1.807) is 59.7 Å². The van der Waals surface area contributed by atoms with Crippen LogP contribution < -0.4 is 0 Å². The monoisotopic (exact) mass is 662 g/mol. The van der Waals surface area contributed by atoms with Crippen LogP contribution in [0.4, 0.5) is 0 Å². The first kappa shape index (κ1) is 36.3. The first-order valence-corrected chi connectivity index (χ1v) is 15.8. The van der Waals surface area contributed by atoms with Crippen molar-refractivity contribution in [2.45, 2.75) is 116 Å². The van der Waals surface area contributed by atoms with Gasteiger partial charge in [-0.05, 0) is 32.9 Å². The number of rotatable bonds is 9. The summed E-state index contributed by atoms with van der Waals surface area (Å²) in [4.78, 5) is 65.7. The summed E-state index contributed by atoms with van der Waals surface area (Å²) in [7, 11) is 0. The number of esters is 5. The number of carbonyl (C=O) groups is 5. The summed E-state index contributed by atoms with van der Waals surface area (Å²) >= 11 is 0. The largest absolute Gasteiger partial charge is 0.464 e. The first-order chi connectivity index (χ1) is 21.7. The fourth-order valence-electron chi connectivity index (χ4n) is 7.74. The Balaban J connectivity index is 2.13. The minimum atomic E-state index is -2.23. The van der Waals surface area contributed by atoms with Gasteiger partial charge in [0.05, 0.1) is 40.6 Å². The molecule has 0 radical (unpaired) electrons. The van der Waals surface area contributed by atoms with Crippen molar-refractivity contribution < 1.29 is 62.6 Å². The molecule has 1 spiro atoms. The second-order valence-electron chi connectivity index (χ2n) is 14.1. The topological polar surface area (TPSA) is 181 Å². The number of fused-ring (bicyclic) bond motifs is 1. The molecule has 0 amide bonds. The molecule has 1 heterocycles. The summed E-state index contributed by atoms with van der Waals surface area (Å²) in [6, 6.07) is 7.90. The lowest BCUT2D eigenvalue weighted by atomic mass is 9.45. The molecule has 13 nitrogen and oxygen atoms in total. The van der Waals surface area contributed by atoms with E-state index in [2.05, 4.69) is 0 Å². The molecule has 47 heavy (non-hydrogen) atoms. The van der Waals surface area contributed by atoms with Crippen molar-refractivity contribution in [3.05, 3.63) is 35.9 Å². The first-order valence-electron chi connectivity index (χ1n) is 15.8. The zero-order valence-corrected chi connectivity index (χ0v) is 28.3. The van der Waals surface area contributed by atoms with Crippen molar-refractivity contribution >= 4 is 29.8 Å². The number of aliphatic hydroxyl groups excluding tert-OH is 1. The molecule has 1 unspecified atom stereocenters. The van der Waals surface area contributed by atoms with Crippen LogP contribution in [-0.2, 0) is 47.6 Å². The van der Waals surface area contributed by atoms with Crippen LogP contribution in [0.15, 0.2) is 30.3 Å². The number of ether oxygens (including phenoxy) is 6. The second kappa shape index (κ2) is 12.8. The molecular formula is C34H46O13. The van der Waals surface area contributed by atoms with Gasteiger partial charge in [0.15, 0.2) is 12.2 Å². The summed E-state index contributed by atoms with van der Waals surface area (Å²) in [5.74, 6) is -6.44. The lowest BCUT2D eigenvalue weighted by Crippen LogP contribution is -2.85. The van der Waals surface area contributed by atoms with E-state index < -0.39 is 113 Å². The number of carbonyl (C=O) groups excluding carboxylic acids is 5. The standard InChI is InChI=1S/C34H46O13/c1-17(2)28(38)42-16-33-26(44-20(6)36)22(43-19(5)35)15-32(9,41)34(33)25(37)23(31(7,8)47-34)24(45-29(39)18(3)4)27(33)46-30(40)21-13-11-10-12-14-21/h10-14,17-18,22-27,37,41H,15-16H2,1-9H3/t22-,23+,24-,25+,26-,27+,32-,33-,34?/m0/s1. The molecule has 3 fully saturated rings. The quantitative estimate of drug-likeness (QED) is 0.291. The zero-order valence-electron chi connectivity index (χ0n) is 28.3. The minimum absolute atomic E-state index is 0.103. The normalized spacial score (nSPS) is 35.4. The highest BCUT2D eigenvalue weighted by Crippen LogP contribution is 2.69. The molecule has 3 aliphatic rings. The molecule has 0 aromatic heterocycles. The van der Waals surface area contributed by atoms with Crippen LogP contribution in [0.5, 0.6) is 0 Å². The van der Waals surface area contributed by atoms with E-state index in [0.717, 1.165) is 13.8 Å². The summed E-state index contributed by atoms with van der Waals surface area (Å²) in [5, 5.41) is 24.9. The van der Waals surface area contributed by atoms with Crippen molar-refractivity contribution in [3.8, 4) is 0 Å². The Hall–Kier alpha value is -3.55. The number of hydrogen-bond acceptors (Lipinski definition) is 13. The van der Waals surface area contributed by atoms with Gasteiger partial charge in [-0.25, -0.2) is 4.79 Å². The predicted molar refractivity (Wildman–Crippen MR) is 162 cm³/mol. The molecule has 2 aliphatic carbocycles. The second-order valence-corrected chi connectivity index (χ2v) is 14.1. The average Bonchev–Trinajstić information content (AvgIpc) is 3.14. The molecule has 1 aromatic rings. The SMILES string of the molecule is CC(=O)O[C@H]1C[C@](C)(O)C23OC(C)(C)[C@H]([C@H](OC(=O)C(C)C)[C@@H](OC(=O)c4ccccc4)[C@]2(COC(=O)C(C)C)[C@H]1OC(C)=O)[C@H]3O. The molecule has 13 heteroatoms. The highest BCUT2D eigenvalue weighted by atomic mass is 16.6. The maximum atomic E-state index is 13.9. The van der Waals surface area contributed by atoms with E-state index in [0.29, 0.717) is 0 Å². The average molecular weight is 663 g/mol. The van der Waals surface area contributed by atoms with Gasteiger partial charge < -0.3 is 38.6 Å². The third-order valence-electron chi connectivity index (χ3n) is 9.58. The van der Waals surface area contributed by atoms with Crippen LogP contribution in [-0.4, -0.2) is 94.0 Å². The van der Waals surface area contributed by atoms with Crippen molar-refractivity contribution in [3.63, 3.8) is 0 Å². The number of benzene rings is 1. The van der Waals surface area contributed by atoms with Gasteiger partial charge in [-0.3, -0.25) is 19.2 Å². The molecule has 2 saturated carbocycles. The van der Waals surface area contributed by atoms with Crippen LogP contribution >= 0.6 is 0 Å². The Morgan fingerprint density at radius 1 is 0.851 bits per heavy atom. The molecule has 4 rings (SSSR count). The summed E-state index contributed by atoms with van der Waals surface area (Å²) in [6.07, 6.45) is -8.38. The minimum Gasteiger partial charge on any atom is -0.464 e. The van der Waals surface area contributed by atoms with Gasteiger partial charge in [0.1, 0.15) is 29.8 Å². The van der Waals surface area contributed by atoms with Crippen molar-refractivity contribution in [2.75, 3.05) is 6.61 Å². The third-order valence-corrected chi connectivity index (χ3v) is 9.58. The number of aliphatic hydroxyl groups is 2. The lowest BCUT2D eigenvalue weighted by molar-refractivity contribution is -0.363. The van der Waals surface area contributed by atoms with Gasteiger partial charge in [-0.1, -0.05) is 45.9 Å². The van der Waals surface area contributed by atoms with E-state index in [1.807, 2.05) is 0 Å². The Kier molecular flexibility index (Phi) is 9.89. The van der Waals surface area contributed by atoms with Gasteiger partial charge in [0.25, 0.3) is 0 Å². The van der Waals surface area contributed by atoms with Crippen LogP contribution in [0.3, 0.4) is 0 Å². The summed E-state index contributed by atoms with van der Waals surface area (Å²) in [6.45, 7) is 12.4. The maximum absolute atomic E-state index is 13.9. The third kappa shape index (κ3) is 6.02. The van der Waals surface area contributed by atoms with Crippen LogP contribution in [0, 0.1) is 23.2 Å². The van der Waals surface area contributed by atoms with Crippen LogP contribution in [0.1, 0.15) is 79.1 Å². The van der Waals surface area contributed by atoms with Crippen LogP contribution in [0.2, 0.25) is 0 Å². The summed E-state index contributed by atoms with van der Waals surface area (Å²) in [5.41, 5.74) is -7.86. The molecule has 260 valence electrons. The maximum Gasteiger partial charge on any atom is 0.338 e. The Labute approximate surface area is 274 Å². The van der Waals surface area contributed by atoms with E-state index in [1.165, 1.54) is 19.1 Å². The molecule has 1 aromatic carbocycles. The van der Waals surface area contributed by atoms with Gasteiger partial charge >= 0.3 is 29.8 Å². The van der Waals surface area contributed by atoms with Gasteiger partial charge in [0.2, 0.25) is 0 Å². The highest BCUT2D eigenvalue weighted by Gasteiger charge is 2.88. The predicted octanol–water partition coefficient (Wildman–Crippen LogP) is 2.52. The van der Waals surface area contributed by atoms with Gasteiger partial charge in [-0.2, -0.15) is 0 Å².